The standard InChI is InChI=1S/C25H25N3O6/c1-17-9-7-8-12-22(17)34-18(2)25(29)27-26-15-20-13-23(32-3)24(14-21(20)28(30)31)33-16-19-10-5-4-6-11-19/h4-15,18H,16H2,1-3H3,(H,27,29)/b26-15+/t18-/m1/s1. The number of hydrazone groups is 1. The molecular formula is C25H25N3O6. The Kier molecular flexibility index (Phi) is 8.17. The van der Waals surface area contributed by atoms with Gasteiger partial charge in [0, 0.05) is 0 Å². The fraction of sp³-hybridized carbons (Fsp3) is 0.200. The first-order chi connectivity index (χ1) is 16.4. The highest BCUT2D eigenvalue weighted by molar-refractivity contribution is 5.88. The molecule has 9 nitrogen and oxygen atoms in total. The SMILES string of the molecule is COc1cc(/C=N/NC(=O)[C@@H](C)Oc2ccccc2C)c([N+](=O)[O-])cc1OCc1ccccc1. The first-order valence-electron chi connectivity index (χ1n) is 10.5. The molecule has 1 atom stereocenters. The first kappa shape index (κ1) is 24.2. The molecule has 0 aliphatic heterocycles. The minimum Gasteiger partial charge on any atom is -0.493 e. The molecule has 3 rings (SSSR count). The van der Waals surface area contributed by atoms with Gasteiger partial charge in [-0.1, -0.05) is 48.5 Å². The molecule has 0 saturated heterocycles. The number of nitrogens with zero attached hydrogens (tertiary/aromatic N) is 2. The highest BCUT2D eigenvalue weighted by atomic mass is 16.6. The number of nitro groups is 1. The third-order valence-electron chi connectivity index (χ3n) is 4.89. The highest BCUT2D eigenvalue weighted by Gasteiger charge is 2.20. The molecule has 0 unspecified atom stereocenters. The number of methoxy groups -OCH3 is 1. The number of hydrogen-bond acceptors (Lipinski definition) is 7. The molecule has 9 heteroatoms. The molecular weight excluding hydrogens is 438 g/mol. The number of rotatable bonds is 10. The zero-order valence-electron chi connectivity index (χ0n) is 19.1. The smallest absolute Gasteiger partial charge is 0.282 e. The number of amides is 1. The molecule has 3 aromatic carbocycles. The summed E-state index contributed by atoms with van der Waals surface area (Å²) in [5.41, 5.74) is 4.04. The summed E-state index contributed by atoms with van der Waals surface area (Å²) in [6.07, 6.45) is 0.358. The van der Waals surface area contributed by atoms with Crippen molar-refractivity contribution in [3.05, 3.63) is 93.5 Å². The lowest BCUT2D eigenvalue weighted by atomic mass is 10.1. The molecule has 1 N–H and O–H groups in total. The molecule has 0 aliphatic rings. The summed E-state index contributed by atoms with van der Waals surface area (Å²) in [6, 6.07) is 19.4. The van der Waals surface area contributed by atoms with Gasteiger partial charge in [-0.15, -0.1) is 0 Å². The maximum Gasteiger partial charge on any atom is 0.282 e. The number of carbonyl (C=O) groups excluding carboxylic acids is 1. The van der Waals surface area contributed by atoms with Gasteiger partial charge in [-0.05, 0) is 37.1 Å². The van der Waals surface area contributed by atoms with Gasteiger partial charge in [0.1, 0.15) is 12.4 Å². The van der Waals surface area contributed by atoms with Gasteiger partial charge in [-0.2, -0.15) is 5.10 Å². The molecule has 0 spiro atoms. The quantitative estimate of drug-likeness (QED) is 0.271. The third kappa shape index (κ3) is 6.32. The zero-order chi connectivity index (χ0) is 24.5. The van der Waals surface area contributed by atoms with E-state index >= 15 is 0 Å². The normalized spacial score (nSPS) is 11.6. The Morgan fingerprint density at radius 3 is 2.47 bits per heavy atom. The summed E-state index contributed by atoms with van der Waals surface area (Å²) < 4.78 is 16.7. The van der Waals surface area contributed by atoms with Crippen LogP contribution in [0, 0.1) is 17.0 Å². The minimum atomic E-state index is -0.823. The Bertz CT molecular complexity index is 1180. The van der Waals surface area contributed by atoms with Crippen LogP contribution in [0.4, 0.5) is 5.69 Å². The number of benzene rings is 3. The summed E-state index contributed by atoms with van der Waals surface area (Å²) in [4.78, 5) is 23.4. The predicted octanol–water partition coefficient (Wildman–Crippen LogP) is 4.41. The van der Waals surface area contributed by atoms with Crippen molar-refractivity contribution in [2.24, 2.45) is 5.10 Å². The van der Waals surface area contributed by atoms with Crippen molar-refractivity contribution in [3.63, 3.8) is 0 Å². The van der Waals surface area contributed by atoms with E-state index in [0.29, 0.717) is 11.5 Å². The van der Waals surface area contributed by atoms with Crippen LogP contribution in [0.2, 0.25) is 0 Å². The lowest BCUT2D eigenvalue weighted by Crippen LogP contribution is -2.33. The van der Waals surface area contributed by atoms with E-state index in [1.807, 2.05) is 55.5 Å². The summed E-state index contributed by atoms with van der Waals surface area (Å²) in [5.74, 6) is 0.600. The van der Waals surface area contributed by atoms with Crippen LogP contribution in [0.15, 0.2) is 71.8 Å². The van der Waals surface area contributed by atoms with E-state index in [1.165, 1.54) is 25.5 Å². The molecule has 0 heterocycles. The Hall–Kier alpha value is -4.40. The van der Waals surface area contributed by atoms with Gasteiger partial charge >= 0.3 is 0 Å². The van der Waals surface area contributed by atoms with Crippen LogP contribution >= 0.6 is 0 Å². The maximum atomic E-state index is 12.3. The molecule has 34 heavy (non-hydrogen) atoms. The Morgan fingerprint density at radius 1 is 1.09 bits per heavy atom. The molecule has 3 aromatic rings. The van der Waals surface area contributed by atoms with Gasteiger partial charge in [-0.25, -0.2) is 5.43 Å². The van der Waals surface area contributed by atoms with Crippen LogP contribution < -0.4 is 19.6 Å². The number of carbonyl (C=O) groups is 1. The Morgan fingerprint density at radius 2 is 1.79 bits per heavy atom. The van der Waals surface area contributed by atoms with Crippen molar-refractivity contribution in [3.8, 4) is 17.2 Å². The van der Waals surface area contributed by atoms with E-state index in [2.05, 4.69) is 10.5 Å². The van der Waals surface area contributed by atoms with Crippen molar-refractivity contribution < 1.29 is 23.9 Å². The van der Waals surface area contributed by atoms with Crippen LogP contribution in [-0.2, 0) is 11.4 Å². The zero-order valence-corrected chi connectivity index (χ0v) is 19.1. The number of aryl methyl sites for hydroxylation is 1. The lowest BCUT2D eigenvalue weighted by Gasteiger charge is -2.14. The van der Waals surface area contributed by atoms with E-state index in [1.54, 1.807) is 13.0 Å². The highest BCUT2D eigenvalue weighted by Crippen LogP contribution is 2.34. The van der Waals surface area contributed by atoms with E-state index in [0.717, 1.165) is 11.1 Å². The fourth-order valence-corrected chi connectivity index (χ4v) is 3.02. The average Bonchev–Trinajstić information content (AvgIpc) is 2.84. The summed E-state index contributed by atoms with van der Waals surface area (Å²) in [7, 11) is 1.43. The molecule has 176 valence electrons. The van der Waals surface area contributed by atoms with Crippen LogP contribution in [0.3, 0.4) is 0 Å². The predicted molar refractivity (Wildman–Crippen MR) is 127 cm³/mol. The number of hydrogen-bond donors (Lipinski definition) is 1. The first-order valence-corrected chi connectivity index (χ1v) is 10.5. The summed E-state index contributed by atoms with van der Waals surface area (Å²) in [5, 5.41) is 15.5. The van der Waals surface area contributed by atoms with Crippen molar-refractivity contribution in [2.75, 3.05) is 7.11 Å². The molecule has 0 saturated carbocycles. The molecule has 0 aliphatic carbocycles. The number of nitro benzene ring substituents is 1. The molecule has 0 radical (unpaired) electrons. The summed E-state index contributed by atoms with van der Waals surface area (Å²) in [6.45, 7) is 3.68. The van der Waals surface area contributed by atoms with Crippen molar-refractivity contribution in [1.82, 2.24) is 5.43 Å². The van der Waals surface area contributed by atoms with Gasteiger partial charge in [0.25, 0.3) is 11.6 Å². The van der Waals surface area contributed by atoms with Gasteiger partial charge in [-0.3, -0.25) is 14.9 Å². The van der Waals surface area contributed by atoms with Crippen LogP contribution in [0.25, 0.3) is 0 Å². The Balaban J connectivity index is 1.71. The maximum absolute atomic E-state index is 12.3. The molecule has 1 amide bonds. The van der Waals surface area contributed by atoms with Gasteiger partial charge < -0.3 is 14.2 Å². The number of para-hydroxylation sites is 1. The fourth-order valence-electron chi connectivity index (χ4n) is 3.02. The molecule has 0 aromatic heterocycles. The second-order valence-corrected chi connectivity index (χ2v) is 7.35. The summed E-state index contributed by atoms with van der Waals surface area (Å²) >= 11 is 0. The topological polar surface area (TPSA) is 112 Å². The van der Waals surface area contributed by atoms with Crippen molar-refractivity contribution in [1.29, 1.82) is 0 Å². The van der Waals surface area contributed by atoms with Crippen molar-refractivity contribution in [2.45, 2.75) is 26.6 Å². The van der Waals surface area contributed by atoms with Gasteiger partial charge in [0.2, 0.25) is 0 Å². The van der Waals surface area contributed by atoms with Gasteiger partial charge in [0.05, 0.1) is 29.9 Å². The van der Waals surface area contributed by atoms with E-state index in [9.17, 15) is 14.9 Å². The number of nitrogens with one attached hydrogen (secondary N) is 1. The lowest BCUT2D eigenvalue weighted by molar-refractivity contribution is -0.385. The minimum absolute atomic E-state index is 0.140. The van der Waals surface area contributed by atoms with Crippen LogP contribution in [0.1, 0.15) is 23.6 Å². The number of ether oxygens (including phenoxy) is 3. The largest absolute Gasteiger partial charge is 0.493 e. The molecule has 0 fully saturated rings. The second kappa shape index (κ2) is 11.5. The average molecular weight is 463 g/mol. The van der Waals surface area contributed by atoms with E-state index < -0.39 is 16.9 Å². The van der Waals surface area contributed by atoms with Crippen molar-refractivity contribution >= 4 is 17.8 Å². The van der Waals surface area contributed by atoms with E-state index in [4.69, 9.17) is 14.2 Å². The van der Waals surface area contributed by atoms with Crippen LogP contribution in [0.5, 0.6) is 17.2 Å². The van der Waals surface area contributed by atoms with Gasteiger partial charge in [0.15, 0.2) is 17.6 Å². The van der Waals surface area contributed by atoms with E-state index in [-0.39, 0.29) is 23.6 Å². The second-order valence-electron chi connectivity index (χ2n) is 7.35. The Labute approximate surface area is 197 Å². The third-order valence-corrected chi connectivity index (χ3v) is 4.89. The van der Waals surface area contributed by atoms with Crippen LogP contribution in [-0.4, -0.2) is 30.3 Å². The monoisotopic (exact) mass is 463 g/mol. The molecule has 0 bridgehead atoms.